The van der Waals surface area contributed by atoms with E-state index in [0.29, 0.717) is 27.6 Å². The molecule has 0 saturated carbocycles. The molecule has 29 heavy (non-hydrogen) atoms. The summed E-state index contributed by atoms with van der Waals surface area (Å²) in [5.74, 6) is -0.0716. The highest BCUT2D eigenvalue weighted by Gasteiger charge is 2.21. The van der Waals surface area contributed by atoms with Crippen LogP contribution >= 0.6 is 11.6 Å². The van der Waals surface area contributed by atoms with Crippen molar-refractivity contribution in [3.8, 4) is 11.5 Å². The molecule has 0 spiro atoms. The Kier molecular flexibility index (Phi) is 6.24. The molecule has 0 amide bonds. The number of Topliss-reactive ketones (excluding diaryl/α,β-unsaturated/α-hetero) is 1. The van der Waals surface area contributed by atoms with Gasteiger partial charge in [0.25, 0.3) is 0 Å². The van der Waals surface area contributed by atoms with Crippen LogP contribution in [0.4, 0.5) is 0 Å². The van der Waals surface area contributed by atoms with Crippen LogP contribution in [-0.4, -0.2) is 37.1 Å². The van der Waals surface area contributed by atoms with Crippen molar-refractivity contribution in [1.82, 2.24) is 4.98 Å². The molecule has 1 N–H and O–H groups in total. The lowest BCUT2D eigenvalue weighted by Crippen LogP contribution is -2.23. The number of methoxy groups -OCH3 is 2. The highest BCUT2D eigenvalue weighted by Crippen LogP contribution is 2.36. The lowest BCUT2D eigenvalue weighted by atomic mass is 10.1. The molecule has 7 heteroatoms. The van der Waals surface area contributed by atoms with E-state index in [2.05, 4.69) is 4.98 Å². The topological polar surface area (TPSA) is 77.6 Å². The first kappa shape index (κ1) is 20.5. The van der Waals surface area contributed by atoms with Gasteiger partial charge in [-0.15, -0.1) is 0 Å². The predicted molar refractivity (Wildman–Crippen MR) is 112 cm³/mol. The zero-order valence-corrected chi connectivity index (χ0v) is 16.9. The molecule has 2 aromatic carbocycles. The number of para-hydroxylation sites is 1. The average Bonchev–Trinajstić information content (AvgIpc) is 3.15. The van der Waals surface area contributed by atoms with Gasteiger partial charge in [0, 0.05) is 28.7 Å². The van der Waals surface area contributed by atoms with Crippen molar-refractivity contribution in [2.45, 2.75) is 13.0 Å². The minimum Gasteiger partial charge on any atom is -0.493 e. The summed E-state index contributed by atoms with van der Waals surface area (Å²) in [5, 5.41) is 1.14. The Labute approximate surface area is 173 Å². The van der Waals surface area contributed by atoms with Crippen LogP contribution in [0, 0.1) is 0 Å². The number of fused-ring (bicyclic) bond motifs is 1. The van der Waals surface area contributed by atoms with Gasteiger partial charge in [0.15, 0.2) is 17.6 Å². The molecule has 0 unspecified atom stereocenters. The second-order valence-corrected chi connectivity index (χ2v) is 6.67. The van der Waals surface area contributed by atoms with Gasteiger partial charge in [-0.25, -0.2) is 4.79 Å². The summed E-state index contributed by atoms with van der Waals surface area (Å²) in [6.45, 7) is 1.54. The van der Waals surface area contributed by atoms with E-state index < -0.39 is 12.1 Å². The zero-order valence-electron chi connectivity index (χ0n) is 16.2. The second kappa shape index (κ2) is 8.84. The molecule has 0 saturated heterocycles. The van der Waals surface area contributed by atoms with Gasteiger partial charge in [-0.2, -0.15) is 0 Å². The Bertz CT molecular complexity index is 1090. The third kappa shape index (κ3) is 4.43. The molecule has 1 atom stereocenters. The quantitative estimate of drug-likeness (QED) is 0.346. The van der Waals surface area contributed by atoms with E-state index in [4.69, 9.17) is 25.8 Å². The number of halogens is 1. The van der Waals surface area contributed by atoms with Gasteiger partial charge in [-0.1, -0.05) is 29.8 Å². The summed E-state index contributed by atoms with van der Waals surface area (Å²) < 4.78 is 15.7. The Morgan fingerprint density at radius 2 is 1.90 bits per heavy atom. The molecule has 0 radical (unpaired) electrons. The number of hydrogen-bond donors (Lipinski definition) is 1. The normalized spacial score (nSPS) is 12.1. The largest absolute Gasteiger partial charge is 0.493 e. The van der Waals surface area contributed by atoms with E-state index in [1.165, 1.54) is 26.4 Å². The van der Waals surface area contributed by atoms with Crippen molar-refractivity contribution in [3.63, 3.8) is 0 Å². The van der Waals surface area contributed by atoms with Gasteiger partial charge in [-0.05, 0) is 36.8 Å². The fourth-order valence-electron chi connectivity index (χ4n) is 2.96. The Balaban J connectivity index is 1.70. The molecule has 150 valence electrons. The van der Waals surface area contributed by atoms with Crippen molar-refractivity contribution in [3.05, 3.63) is 64.8 Å². The van der Waals surface area contributed by atoms with Crippen LogP contribution < -0.4 is 9.47 Å². The Morgan fingerprint density at radius 3 is 2.62 bits per heavy atom. The minimum atomic E-state index is -0.930. The summed E-state index contributed by atoms with van der Waals surface area (Å²) in [7, 11) is 2.98. The van der Waals surface area contributed by atoms with Crippen LogP contribution in [0.3, 0.4) is 0 Å². The third-order valence-corrected chi connectivity index (χ3v) is 4.67. The third-order valence-electron chi connectivity index (χ3n) is 4.38. The van der Waals surface area contributed by atoms with E-state index in [-0.39, 0.29) is 5.78 Å². The monoisotopic (exact) mass is 413 g/mol. The van der Waals surface area contributed by atoms with Gasteiger partial charge in [-0.3, -0.25) is 4.79 Å². The van der Waals surface area contributed by atoms with Gasteiger partial charge < -0.3 is 19.2 Å². The number of ether oxygens (including phenoxy) is 3. The number of esters is 1. The van der Waals surface area contributed by atoms with Gasteiger partial charge in [0.1, 0.15) is 0 Å². The van der Waals surface area contributed by atoms with Gasteiger partial charge in [0.2, 0.25) is 5.78 Å². The molecule has 3 rings (SSSR count). The first-order chi connectivity index (χ1) is 13.9. The smallest absolute Gasteiger partial charge is 0.331 e. The SMILES string of the molecule is COc1cc(/C=C/C(=O)O[C@@H](C)C(=O)c2c[nH]c3ccccc23)cc(Cl)c1OC. The molecule has 6 nitrogen and oxygen atoms in total. The predicted octanol–water partition coefficient (Wildman–Crippen LogP) is 4.67. The molecule has 0 aliphatic heterocycles. The Morgan fingerprint density at radius 1 is 1.14 bits per heavy atom. The average molecular weight is 414 g/mol. The molecule has 0 fully saturated rings. The van der Waals surface area contributed by atoms with Crippen LogP contribution in [0.25, 0.3) is 17.0 Å². The number of benzene rings is 2. The number of carbonyl (C=O) groups excluding carboxylic acids is 2. The van der Waals surface area contributed by atoms with Crippen LogP contribution in [0.5, 0.6) is 11.5 Å². The fraction of sp³-hybridized carbons (Fsp3) is 0.182. The molecule has 3 aromatic rings. The van der Waals surface area contributed by atoms with Gasteiger partial charge in [0.05, 0.1) is 19.2 Å². The standard InChI is InChI=1S/C22H20ClNO5/c1-13(21(26)16-12-24-18-7-5-4-6-15(16)18)29-20(25)9-8-14-10-17(23)22(28-3)19(11-14)27-2/h4-13,24H,1-3H3/b9-8+/t13-/m0/s1. The van der Waals surface area contributed by atoms with E-state index in [0.717, 1.165) is 10.9 Å². The molecule has 1 aromatic heterocycles. The zero-order chi connectivity index (χ0) is 21.0. The van der Waals surface area contributed by atoms with Gasteiger partial charge >= 0.3 is 5.97 Å². The first-order valence-electron chi connectivity index (χ1n) is 8.85. The number of carbonyl (C=O) groups is 2. The lowest BCUT2D eigenvalue weighted by Gasteiger charge is -2.11. The number of hydrogen-bond acceptors (Lipinski definition) is 5. The van der Waals surface area contributed by atoms with E-state index in [9.17, 15) is 9.59 Å². The highest BCUT2D eigenvalue weighted by molar-refractivity contribution is 6.32. The molecule has 0 bridgehead atoms. The van der Waals surface area contributed by atoms with Crippen molar-refractivity contribution >= 4 is 40.3 Å². The summed E-state index contributed by atoms with van der Waals surface area (Å²) in [6, 6.07) is 10.7. The van der Waals surface area contributed by atoms with E-state index >= 15 is 0 Å². The van der Waals surface area contributed by atoms with Crippen molar-refractivity contribution in [1.29, 1.82) is 0 Å². The molecule has 1 heterocycles. The van der Waals surface area contributed by atoms with Crippen molar-refractivity contribution in [2.24, 2.45) is 0 Å². The van der Waals surface area contributed by atoms with Crippen LogP contribution in [0.15, 0.2) is 48.7 Å². The maximum atomic E-state index is 12.7. The maximum Gasteiger partial charge on any atom is 0.331 e. The van der Waals surface area contributed by atoms with Crippen molar-refractivity contribution in [2.75, 3.05) is 14.2 Å². The lowest BCUT2D eigenvalue weighted by molar-refractivity contribution is -0.140. The second-order valence-electron chi connectivity index (χ2n) is 6.26. The fourth-order valence-corrected chi connectivity index (χ4v) is 3.26. The number of aromatic nitrogens is 1. The van der Waals surface area contributed by atoms with Crippen molar-refractivity contribution < 1.29 is 23.8 Å². The van der Waals surface area contributed by atoms with Crippen LogP contribution in [0.1, 0.15) is 22.8 Å². The summed E-state index contributed by atoms with van der Waals surface area (Å²) in [5.41, 5.74) is 1.95. The number of rotatable bonds is 7. The number of H-pyrrole nitrogens is 1. The number of nitrogens with one attached hydrogen (secondary N) is 1. The van der Waals surface area contributed by atoms with Crippen LogP contribution in [-0.2, 0) is 9.53 Å². The summed E-state index contributed by atoms with van der Waals surface area (Å²) in [4.78, 5) is 27.9. The molecular weight excluding hydrogens is 394 g/mol. The minimum absolute atomic E-state index is 0.279. The Hall–Kier alpha value is -3.25. The van der Waals surface area contributed by atoms with Crippen LogP contribution in [0.2, 0.25) is 5.02 Å². The summed E-state index contributed by atoms with van der Waals surface area (Å²) in [6.07, 6.45) is 3.45. The number of ketones is 1. The van der Waals surface area contributed by atoms with E-state index in [1.54, 1.807) is 25.3 Å². The molecular formula is C22H20ClNO5. The molecule has 0 aliphatic rings. The maximum absolute atomic E-state index is 12.7. The molecule has 0 aliphatic carbocycles. The van der Waals surface area contributed by atoms with E-state index in [1.807, 2.05) is 24.3 Å². The number of aromatic amines is 1. The summed E-state index contributed by atoms with van der Waals surface area (Å²) >= 11 is 6.16. The first-order valence-corrected chi connectivity index (χ1v) is 9.23. The highest BCUT2D eigenvalue weighted by atomic mass is 35.5.